The summed E-state index contributed by atoms with van der Waals surface area (Å²) in [7, 11) is 0. The van der Waals surface area contributed by atoms with Crippen LogP contribution < -0.4 is 5.56 Å². The zero-order valence-corrected chi connectivity index (χ0v) is 8.12. The van der Waals surface area contributed by atoms with E-state index in [1.807, 2.05) is 0 Å². The van der Waals surface area contributed by atoms with Crippen LogP contribution in [0.5, 0.6) is 0 Å². The molecule has 0 aromatic carbocycles. The van der Waals surface area contributed by atoms with Gasteiger partial charge in [0.2, 0.25) is 5.95 Å². The standard InChI is InChI=1S/C9H5ClFN3O/c10-5-1-6(8(11)13-2-5)7-3-12-4-14-9(7)15/h1-4H,(H,12,14,15). The second-order valence-corrected chi connectivity index (χ2v) is 3.22. The fraction of sp³-hybridized carbons (Fsp3) is 0. The number of H-pyrrole nitrogens is 1. The van der Waals surface area contributed by atoms with Gasteiger partial charge in [-0.1, -0.05) is 11.6 Å². The normalized spacial score (nSPS) is 10.3. The molecule has 15 heavy (non-hydrogen) atoms. The Bertz CT molecular complexity index is 555. The van der Waals surface area contributed by atoms with Crippen LogP contribution in [0.25, 0.3) is 11.1 Å². The highest BCUT2D eigenvalue weighted by Crippen LogP contribution is 2.20. The number of halogens is 2. The Kier molecular flexibility index (Phi) is 2.47. The first kappa shape index (κ1) is 9.79. The van der Waals surface area contributed by atoms with Crippen molar-refractivity contribution in [1.29, 1.82) is 0 Å². The molecule has 0 aliphatic heterocycles. The molecule has 0 spiro atoms. The van der Waals surface area contributed by atoms with Crippen LogP contribution in [-0.4, -0.2) is 15.0 Å². The molecule has 0 saturated heterocycles. The van der Waals surface area contributed by atoms with Crippen LogP contribution in [0.15, 0.2) is 29.6 Å². The van der Waals surface area contributed by atoms with E-state index >= 15 is 0 Å². The molecule has 6 heteroatoms. The quantitative estimate of drug-likeness (QED) is 0.751. The molecule has 1 N–H and O–H groups in total. The topological polar surface area (TPSA) is 58.6 Å². The van der Waals surface area contributed by atoms with E-state index in [1.165, 1.54) is 24.8 Å². The molecule has 0 fully saturated rings. The Hall–Kier alpha value is -1.75. The smallest absolute Gasteiger partial charge is 0.258 e. The third-order valence-electron chi connectivity index (χ3n) is 1.81. The highest BCUT2D eigenvalue weighted by molar-refractivity contribution is 6.30. The fourth-order valence-electron chi connectivity index (χ4n) is 1.15. The monoisotopic (exact) mass is 225 g/mol. The number of aromatic amines is 1. The number of hydrogen-bond acceptors (Lipinski definition) is 3. The minimum atomic E-state index is -0.752. The summed E-state index contributed by atoms with van der Waals surface area (Å²) in [6, 6.07) is 1.33. The molecule has 0 bridgehead atoms. The van der Waals surface area contributed by atoms with Gasteiger partial charge in [0, 0.05) is 18.0 Å². The Morgan fingerprint density at radius 1 is 1.33 bits per heavy atom. The van der Waals surface area contributed by atoms with E-state index in [9.17, 15) is 9.18 Å². The highest BCUT2D eigenvalue weighted by Gasteiger charge is 2.10. The van der Waals surface area contributed by atoms with Gasteiger partial charge in [-0.2, -0.15) is 4.39 Å². The summed E-state index contributed by atoms with van der Waals surface area (Å²) in [5, 5.41) is 0.259. The Balaban J connectivity index is 2.69. The number of hydrogen-bond donors (Lipinski definition) is 1. The minimum absolute atomic E-state index is 0.0388. The predicted molar refractivity (Wildman–Crippen MR) is 53.1 cm³/mol. The third-order valence-corrected chi connectivity index (χ3v) is 2.02. The van der Waals surface area contributed by atoms with E-state index in [2.05, 4.69) is 15.0 Å². The van der Waals surface area contributed by atoms with Crippen molar-refractivity contribution >= 4 is 11.6 Å². The number of pyridine rings is 1. The average Bonchev–Trinajstić information content (AvgIpc) is 2.23. The molecule has 0 amide bonds. The maximum atomic E-state index is 13.3. The minimum Gasteiger partial charge on any atom is -0.313 e. The first-order chi connectivity index (χ1) is 7.18. The molecule has 4 nitrogen and oxygen atoms in total. The number of aromatic nitrogens is 3. The van der Waals surface area contributed by atoms with Crippen LogP contribution in [0.2, 0.25) is 5.02 Å². The third kappa shape index (κ3) is 1.87. The van der Waals surface area contributed by atoms with Crippen LogP contribution in [0, 0.1) is 5.95 Å². The average molecular weight is 226 g/mol. The number of nitrogens with one attached hydrogen (secondary N) is 1. The molecule has 2 aromatic rings. The summed E-state index contributed by atoms with van der Waals surface area (Å²) < 4.78 is 13.3. The molecule has 0 radical (unpaired) electrons. The lowest BCUT2D eigenvalue weighted by Gasteiger charge is -2.00. The van der Waals surface area contributed by atoms with Gasteiger partial charge >= 0.3 is 0 Å². The SMILES string of the molecule is O=c1[nH]cncc1-c1cc(Cl)cnc1F. The zero-order chi connectivity index (χ0) is 10.8. The second-order valence-electron chi connectivity index (χ2n) is 2.79. The largest absolute Gasteiger partial charge is 0.313 e. The van der Waals surface area contributed by atoms with Crippen LogP contribution >= 0.6 is 11.6 Å². The van der Waals surface area contributed by atoms with E-state index in [0.717, 1.165) is 0 Å². The molecular weight excluding hydrogens is 221 g/mol. The van der Waals surface area contributed by atoms with Crippen LogP contribution in [-0.2, 0) is 0 Å². The summed E-state index contributed by atoms with van der Waals surface area (Å²) in [4.78, 5) is 20.8. The van der Waals surface area contributed by atoms with Crippen molar-refractivity contribution in [2.24, 2.45) is 0 Å². The summed E-state index contributed by atoms with van der Waals surface area (Å²) in [5.74, 6) is -0.752. The molecule has 0 saturated carbocycles. The summed E-state index contributed by atoms with van der Waals surface area (Å²) in [6.07, 6.45) is 3.65. The lowest BCUT2D eigenvalue weighted by molar-refractivity contribution is 0.587. The zero-order valence-electron chi connectivity index (χ0n) is 7.37. The Morgan fingerprint density at radius 2 is 2.13 bits per heavy atom. The van der Waals surface area contributed by atoms with Gasteiger partial charge < -0.3 is 4.98 Å². The Morgan fingerprint density at radius 3 is 2.87 bits per heavy atom. The first-order valence-electron chi connectivity index (χ1n) is 4.02. The van der Waals surface area contributed by atoms with Crippen molar-refractivity contribution < 1.29 is 4.39 Å². The second kappa shape index (κ2) is 3.78. The van der Waals surface area contributed by atoms with Crippen molar-refractivity contribution in [2.45, 2.75) is 0 Å². The highest BCUT2D eigenvalue weighted by atomic mass is 35.5. The molecule has 0 unspecified atom stereocenters. The molecule has 76 valence electrons. The molecule has 2 aromatic heterocycles. The van der Waals surface area contributed by atoms with E-state index in [0.29, 0.717) is 0 Å². The van der Waals surface area contributed by atoms with Gasteiger partial charge in [0.1, 0.15) is 0 Å². The van der Waals surface area contributed by atoms with Crippen LogP contribution in [0.3, 0.4) is 0 Å². The molecule has 2 heterocycles. The molecule has 2 rings (SSSR count). The van der Waals surface area contributed by atoms with Gasteiger partial charge in [-0.25, -0.2) is 9.97 Å². The predicted octanol–water partition coefficient (Wildman–Crippen LogP) is 1.62. The number of rotatable bonds is 1. The van der Waals surface area contributed by atoms with E-state index in [1.54, 1.807) is 0 Å². The maximum Gasteiger partial charge on any atom is 0.258 e. The number of nitrogens with zero attached hydrogens (tertiary/aromatic N) is 2. The van der Waals surface area contributed by atoms with Crippen molar-refractivity contribution in [3.05, 3.63) is 46.1 Å². The molecule has 0 atom stereocenters. The van der Waals surface area contributed by atoms with Gasteiger partial charge in [0.15, 0.2) is 0 Å². The summed E-state index contributed by atoms with van der Waals surface area (Å²) >= 11 is 5.66. The fourth-order valence-corrected chi connectivity index (χ4v) is 1.31. The van der Waals surface area contributed by atoms with Gasteiger partial charge in [-0.05, 0) is 6.07 Å². The van der Waals surface area contributed by atoms with Gasteiger partial charge in [-0.15, -0.1) is 0 Å². The van der Waals surface area contributed by atoms with Crippen LogP contribution in [0.1, 0.15) is 0 Å². The lowest BCUT2D eigenvalue weighted by atomic mass is 10.1. The van der Waals surface area contributed by atoms with Crippen molar-refractivity contribution in [1.82, 2.24) is 15.0 Å². The Labute approximate surface area is 88.8 Å². The lowest BCUT2D eigenvalue weighted by Crippen LogP contribution is -2.09. The van der Waals surface area contributed by atoms with Crippen molar-refractivity contribution in [3.63, 3.8) is 0 Å². The molecule has 0 aliphatic carbocycles. The van der Waals surface area contributed by atoms with Gasteiger partial charge in [-0.3, -0.25) is 4.79 Å². The van der Waals surface area contributed by atoms with Crippen molar-refractivity contribution in [2.75, 3.05) is 0 Å². The van der Waals surface area contributed by atoms with Crippen LogP contribution in [0.4, 0.5) is 4.39 Å². The molecular formula is C9H5ClFN3O. The summed E-state index contributed by atoms with van der Waals surface area (Å²) in [5.41, 5.74) is -0.296. The van der Waals surface area contributed by atoms with E-state index < -0.39 is 11.5 Å². The van der Waals surface area contributed by atoms with Gasteiger partial charge in [0.25, 0.3) is 5.56 Å². The maximum absolute atomic E-state index is 13.3. The first-order valence-corrected chi connectivity index (χ1v) is 4.40. The van der Waals surface area contributed by atoms with E-state index in [4.69, 9.17) is 11.6 Å². The molecule has 0 aliphatic rings. The summed E-state index contributed by atoms with van der Waals surface area (Å²) in [6.45, 7) is 0. The van der Waals surface area contributed by atoms with Gasteiger partial charge in [0.05, 0.1) is 16.9 Å². The van der Waals surface area contributed by atoms with Crippen molar-refractivity contribution in [3.8, 4) is 11.1 Å². The van der Waals surface area contributed by atoms with E-state index in [-0.39, 0.29) is 16.1 Å².